The minimum absolute atomic E-state index is 0.217. The topological polar surface area (TPSA) is 16.3 Å². The first-order valence-corrected chi connectivity index (χ1v) is 39.9. The van der Waals surface area contributed by atoms with E-state index in [0.29, 0.717) is 0 Å². The molecule has 4 heterocycles. The maximum Gasteiger partial charge on any atom is 0.252 e. The number of anilines is 6. The van der Waals surface area contributed by atoms with Crippen LogP contribution in [0.1, 0.15) is 52.7 Å². The lowest BCUT2D eigenvalue weighted by atomic mass is 9.33. The molecule has 0 saturated carbocycles. The first-order valence-electron chi connectivity index (χ1n) is 39.9. The van der Waals surface area contributed by atoms with Crippen LogP contribution in [0.25, 0.3) is 175 Å². The van der Waals surface area contributed by atoms with E-state index in [-0.39, 0.29) is 17.5 Å². The Morgan fingerprint density at radius 3 is 0.814 bits per heavy atom. The van der Waals surface area contributed by atoms with Gasteiger partial charge in [-0.3, -0.25) is 0 Å². The molecule has 0 radical (unpaired) electrons. The van der Waals surface area contributed by atoms with Crippen LogP contribution < -0.4 is 26.2 Å². The quantitative estimate of drug-likeness (QED) is 0.0813. The van der Waals surface area contributed by atoms with Crippen molar-refractivity contribution in [3.63, 3.8) is 0 Å². The monoisotopic (exact) mass is 1440 g/mol. The van der Waals surface area contributed by atoms with Gasteiger partial charge in [0, 0.05) is 77.9 Å². The van der Waals surface area contributed by atoms with Crippen LogP contribution >= 0.6 is 0 Å². The molecule has 0 fully saturated rings. The van der Waals surface area contributed by atoms with Crippen LogP contribution in [0.3, 0.4) is 0 Å². The molecular formula is C108H75BN4. The van der Waals surface area contributed by atoms with Gasteiger partial charge in [-0.1, -0.05) is 302 Å². The molecule has 2 aliphatic heterocycles. The van der Waals surface area contributed by atoms with Gasteiger partial charge in [-0.25, -0.2) is 0 Å². The van der Waals surface area contributed by atoms with Crippen LogP contribution in [0.2, 0.25) is 0 Å². The Balaban J connectivity index is 0.882. The SMILES string of the molecule is CC(C)(C)c1cc(-c2ccccc2)c(N2c3cc(-n4c5ccc6cccc7c8cccc9ccc4c(c98)c5c67)ccc3B3c4ccc(-n5c6ccc7cccc8c9cccc%10ccc5c(c%109)c6c78)cc4N(c4c(-c5ccccc5)cc(C(C)(C)C)cc4-c4ccccc4)c4cc(-c5ccccc5)cc2c43)c(-c2ccccc2)c1. The van der Waals surface area contributed by atoms with Gasteiger partial charge in [0.05, 0.1) is 33.4 Å². The molecule has 2 aromatic heterocycles. The number of nitrogens with zero attached hydrogens (tertiary/aromatic N) is 4. The van der Waals surface area contributed by atoms with Crippen LogP contribution in [-0.4, -0.2) is 15.8 Å². The summed E-state index contributed by atoms with van der Waals surface area (Å²) in [6.45, 7) is 13.9. The molecule has 0 unspecified atom stereocenters. The van der Waals surface area contributed by atoms with Crippen molar-refractivity contribution in [1.29, 1.82) is 0 Å². The van der Waals surface area contributed by atoms with E-state index in [9.17, 15) is 0 Å². The number of fused-ring (bicyclic) bond motifs is 6. The highest BCUT2D eigenvalue weighted by Crippen LogP contribution is 2.58. The Kier molecular flexibility index (Phi) is 13.3. The molecule has 0 aliphatic carbocycles. The van der Waals surface area contributed by atoms with Crippen LogP contribution in [0.15, 0.2) is 346 Å². The average molecular weight is 1440 g/mol. The van der Waals surface area contributed by atoms with Gasteiger partial charge in [0.15, 0.2) is 0 Å². The van der Waals surface area contributed by atoms with E-state index in [1.807, 2.05) is 0 Å². The lowest BCUT2D eigenvalue weighted by molar-refractivity contribution is 0.590. The van der Waals surface area contributed by atoms with Crippen molar-refractivity contribution < 1.29 is 0 Å². The molecular weight excluding hydrogens is 1360 g/mol. The van der Waals surface area contributed by atoms with Crippen molar-refractivity contribution in [3.05, 3.63) is 357 Å². The highest BCUT2D eigenvalue weighted by Gasteiger charge is 2.47. The zero-order valence-corrected chi connectivity index (χ0v) is 63.8. The van der Waals surface area contributed by atoms with Crippen LogP contribution in [0.4, 0.5) is 34.1 Å². The molecule has 0 bridgehead atoms. The molecule has 113 heavy (non-hydrogen) atoms. The highest BCUT2D eigenvalue weighted by molar-refractivity contribution is 7.00. The lowest BCUT2D eigenvalue weighted by Crippen LogP contribution is -2.61. The van der Waals surface area contributed by atoms with E-state index in [0.717, 1.165) is 101 Å². The van der Waals surface area contributed by atoms with Gasteiger partial charge in [0.1, 0.15) is 0 Å². The Morgan fingerprint density at radius 2 is 0.522 bits per heavy atom. The Morgan fingerprint density at radius 1 is 0.230 bits per heavy atom. The van der Waals surface area contributed by atoms with Gasteiger partial charge >= 0.3 is 0 Å². The predicted octanol–water partition coefficient (Wildman–Crippen LogP) is 27.6. The first kappa shape index (κ1) is 64.1. The standard InChI is InChI=1S/C108H75BN4/c1-107(2,3)74-58-82(65-28-14-8-15-29-65)105(83(59-74)66-30-16-9-17-31-66)112-92-62-76(110-88-52-44-69-36-22-40-78-79-41-23-37-70-45-53-89(110)101(97(70)79)100(88)96(69)78)48-50-86(92)109-87-51-49-77(111-90-54-46-71-38-24-42-80-81-43-25-39-72-47-55-91(111)103(99(72)81)102(90)98(71)80)63-93(87)113(95-57-73(56-94(112)104(95)109)64-26-12-7-13-27-64)106-84(67-32-18-10-19-33-67)60-75(108(4,5)6)61-85(106)68-34-20-11-21-35-68/h7-63H,1-6H3. The van der Waals surface area contributed by atoms with Crippen molar-refractivity contribution >= 4 is 165 Å². The summed E-state index contributed by atoms with van der Waals surface area (Å²) in [5, 5.41) is 20.7. The molecule has 2 aliphatic rings. The summed E-state index contributed by atoms with van der Waals surface area (Å²) in [5.74, 6) is 0. The number of benzene rings is 20. The van der Waals surface area contributed by atoms with Crippen molar-refractivity contribution in [2.24, 2.45) is 0 Å². The molecule has 24 rings (SSSR count). The molecule has 22 aromatic rings. The number of hydrogen-bond acceptors (Lipinski definition) is 2. The maximum atomic E-state index is 2.75. The van der Waals surface area contributed by atoms with Crippen LogP contribution in [-0.2, 0) is 10.8 Å². The van der Waals surface area contributed by atoms with Gasteiger partial charge in [0.25, 0.3) is 6.71 Å². The van der Waals surface area contributed by atoms with Crippen LogP contribution in [0, 0.1) is 0 Å². The lowest BCUT2D eigenvalue weighted by Gasteiger charge is -2.46. The second-order valence-electron chi connectivity index (χ2n) is 33.8. The first-order chi connectivity index (χ1) is 55.4. The fourth-order valence-corrected chi connectivity index (χ4v) is 20.4. The average Bonchev–Trinajstić information content (AvgIpc) is 1.65. The second-order valence-corrected chi connectivity index (χ2v) is 33.8. The van der Waals surface area contributed by atoms with Gasteiger partial charge in [-0.2, -0.15) is 0 Å². The second kappa shape index (κ2) is 23.4. The normalized spacial score (nSPS) is 13.2. The molecule has 0 atom stereocenters. The summed E-state index contributed by atoms with van der Waals surface area (Å²) < 4.78 is 5.20. The maximum absolute atomic E-state index is 2.75. The Hall–Kier alpha value is -13.7. The van der Waals surface area contributed by atoms with Gasteiger partial charge < -0.3 is 18.9 Å². The Labute approximate surface area is 656 Å². The summed E-state index contributed by atoms with van der Waals surface area (Å²) in [6, 6.07) is 133. The summed E-state index contributed by atoms with van der Waals surface area (Å²) in [7, 11) is 0. The minimum Gasteiger partial charge on any atom is -0.310 e. The number of aromatic nitrogens is 2. The third kappa shape index (κ3) is 9.10. The van der Waals surface area contributed by atoms with E-state index in [1.54, 1.807) is 0 Å². The molecule has 20 aromatic carbocycles. The fourth-order valence-electron chi connectivity index (χ4n) is 20.4. The zero-order chi connectivity index (χ0) is 75.0. The highest BCUT2D eigenvalue weighted by atomic mass is 15.2. The smallest absolute Gasteiger partial charge is 0.252 e. The number of rotatable bonds is 9. The van der Waals surface area contributed by atoms with Crippen molar-refractivity contribution in [1.82, 2.24) is 9.13 Å². The largest absolute Gasteiger partial charge is 0.310 e. The minimum atomic E-state index is -0.287. The molecule has 0 spiro atoms. The zero-order valence-electron chi connectivity index (χ0n) is 63.8. The van der Waals surface area contributed by atoms with E-state index < -0.39 is 0 Å². The molecule has 530 valence electrons. The third-order valence-electron chi connectivity index (χ3n) is 25.5. The van der Waals surface area contributed by atoms with Gasteiger partial charge in [0.2, 0.25) is 0 Å². The third-order valence-corrected chi connectivity index (χ3v) is 25.5. The number of hydrogen-bond donors (Lipinski definition) is 0. The summed E-state index contributed by atoms with van der Waals surface area (Å²) in [5.41, 5.74) is 31.0. The molecule has 0 saturated heterocycles. The summed E-state index contributed by atoms with van der Waals surface area (Å²) in [4.78, 5) is 5.50. The van der Waals surface area contributed by atoms with Gasteiger partial charge in [-0.15, -0.1) is 0 Å². The van der Waals surface area contributed by atoms with Crippen LogP contribution in [0.5, 0.6) is 0 Å². The van der Waals surface area contributed by atoms with Crippen molar-refractivity contribution in [3.8, 4) is 67.0 Å². The van der Waals surface area contributed by atoms with E-state index in [4.69, 9.17) is 0 Å². The van der Waals surface area contributed by atoms with Gasteiger partial charge in [-0.05, 0) is 221 Å². The molecule has 5 heteroatoms. The fraction of sp³-hybridized carbons (Fsp3) is 0.0741. The summed E-state index contributed by atoms with van der Waals surface area (Å²) in [6.07, 6.45) is 0. The van der Waals surface area contributed by atoms with E-state index >= 15 is 0 Å². The van der Waals surface area contributed by atoms with E-state index in [1.165, 1.54) is 136 Å². The van der Waals surface area contributed by atoms with E-state index in [2.05, 4.69) is 406 Å². The molecule has 0 N–H and O–H groups in total. The molecule has 4 nitrogen and oxygen atoms in total. The van der Waals surface area contributed by atoms with Crippen molar-refractivity contribution in [2.45, 2.75) is 52.4 Å². The van der Waals surface area contributed by atoms with Crippen molar-refractivity contribution in [2.75, 3.05) is 9.80 Å². The summed E-state index contributed by atoms with van der Waals surface area (Å²) >= 11 is 0. The Bertz CT molecular complexity index is 6910. The predicted molar refractivity (Wildman–Crippen MR) is 484 cm³/mol. The molecule has 0 amide bonds.